The predicted octanol–water partition coefficient (Wildman–Crippen LogP) is 1.22. The fourth-order valence-electron chi connectivity index (χ4n) is 2.54. The zero-order valence-corrected chi connectivity index (χ0v) is 15.9. The molecule has 146 valence electrons. The lowest BCUT2D eigenvalue weighted by atomic mass is 10.1. The number of nitrogens with zero attached hydrogens (tertiary/aromatic N) is 2. The number of rotatable bonds is 10. The smallest absolute Gasteiger partial charge is 0.409 e. The molecule has 1 fully saturated rings. The van der Waals surface area contributed by atoms with Crippen molar-refractivity contribution in [3.05, 3.63) is 0 Å². The van der Waals surface area contributed by atoms with Crippen LogP contribution in [0.3, 0.4) is 0 Å². The quantitative estimate of drug-likeness (QED) is 0.347. The van der Waals surface area contributed by atoms with Crippen molar-refractivity contribution in [1.29, 1.82) is 0 Å². The first-order chi connectivity index (χ1) is 12.2. The number of nitrogens with one attached hydrogen (secondary N) is 2. The van der Waals surface area contributed by atoms with Crippen molar-refractivity contribution < 1.29 is 19.0 Å². The van der Waals surface area contributed by atoms with Gasteiger partial charge in [0.15, 0.2) is 5.96 Å². The normalized spacial score (nSPS) is 16.0. The number of aliphatic imine (C=N–C) groups is 1. The Kier molecular flexibility index (Phi) is 11.8. The first kappa shape index (κ1) is 21.5. The van der Waals surface area contributed by atoms with E-state index in [0.29, 0.717) is 52.1 Å². The molecule has 8 nitrogen and oxygen atoms in total. The number of hydrogen-bond acceptors (Lipinski definition) is 5. The molecule has 1 saturated heterocycles. The van der Waals surface area contributed by atoms with Crippen molar-refractivity contribution in [3.63, 3.8) is 0 Å². The SMILES string of the molecule is CCNC(=NCCCOCCOC)NC1CCN(C(=O)OCC)CC1. The van der Waals surface area contributed by atoms with Crippen LogP contribution in [0.25, 0.3) is 0 Å². The van der Waals surface area contributed by atoms with Crippen molar-refractivity contribution in [2.75, 3.05) is 59.7 Å². The molecular formula is C17H34N4O4. The number of ether oxygens (including phenoxy) is 3. The minimum atomic E-state index is -0.213. The molecule has 0 unspecified atom stereocenters. The molecule has 1 heterocycles. The van der Waals surface area contributed by atoms with E-state index in [-0.39, 0.29) is 6.09 Å². The van der Waals surface area contributed by atoms with E-state index >= 15 is 0 Å². The van der Waals surface area contributed by atoms with E-state index in [1.165, 1.54) is 0 Å². The Hall–Kier alpha value is -1.54. The third-order valence-corrected chi connectivity index (χ3v) is 3.85. The molecule has 8 heteroatoms. The van der Waals surface area contributed by atoms with E-state index in [4.69, 9.17) is 14.2 Å². The number of guanidine groups is 1. The van der Waals surface area contributed by atoms with Crippen LogP contribution in [0.1, 0.15) is 33.1 Å². The predicted molar refractivity (Wildman–Crippen MR) is 98.0 cm³/mol. The number of carbonyl (C=O) groups is 1. The highest BCUT2D eigenvalue weighted by Gasteiger charge is 2.23. The third kappa shape index (κ3) is 9.50. The maximum atomic E-state index is 11.7. The van der Waals surface area contributed by atoms with Gasteiger partial charge in [0.1, 0.15) is 0 Å². The highest BCUT2D eigenvalue weighted by molar-refractivity contribution is 5.80. The van der Waals surface area contributed by atoms with Gasteiger partial charge < -0.3 is 29.7 Å². The summed E-state index contributed by atoms with van der Waals surface area (Å²) in [7, 11) is 1.67. The van der Waals surface area contributed by atoms with Crippen LogP contribution in [0.5, 0.6) is 0 Å². The summed E-state index contributed by atoms with van der Waals surface area (Å²) in [6.07, 6.45) is 2.45. The van der Waals surface area contributed by atoms with Crippen molar-refractivity contribution >= 4 is 12.1 Å². The van der Waals surface area contributed by atoms with Crippen LogP contribution >= 0.6 is 0 Å². The minimum absolute atomic E-state index is 0.213. The van der Waals surface area contributed by atoms with Crippen LogP contribution in [0.2, 0.25) is 0 Å². The lowest BCUT2D eigenvalue weighted by Gasteiger charge is -2.32. The topological polar surface area (TPSA) is 84.4 Å². The highest BCUT2D eigenvalue weighted by Crippen LogP contribution is 2.11. The molecule has 0 saturated carbocycles. The lowest BCUT2D eigenvalue weighted by Crippen LogP contribution is -2.49. The van der Waals surface area contributed by atoms with Gasteiger partial charge in [0.2, 0.25) is 0 Å². The number of hydrogen-bond donors (Lipinski definition) is 2. The first-order valence-electron chi connectivity index (χ1n) is 9.24. The van der Waals surface area contributed by atoms with Crippen LogP contribution < -0.4 is 10.6 Å². The summed E-state index contributed by atoms with van der Waals surface area (Å²) in [5, 5.41) is 6.73. The Balaban J connectivity index is 2.28. The summed E-state index contributed by atoms with van der Waals surface area (Å²) >= 11 is 0. The van der Waals surface area contributed by atoms with E-state index in [1.807, 2.05) is 6.92 Å². The molecule has 0 aromatic heterocycles. The van der Waals surface area contributed by atoms with E-state index in [1.54, 1.807) is 12.0 Å². The van der Waals surface area contributed by atoms with Crippen LogP contribution in [0.15, 0.2) is 4.99 Å². The fourth-order valence-corrected chi connectivity index (χ4v) is 2.54. The third-order valence-electron chi connectivity index (χ3n) is 3.85. The van der Waals surface area contributed by atoms with Gasteiger partial charge in [-0.25, -0.2) is 4.79 Å². The van der Waals surface area contributed by atoms with E-state index < -0.39 is 0 Å². The molecule has 1 amide bonds. The van der Waals surface area contributed by atoms with Gasteiger partial charge in [0.25, 0.3) is 0 Å². The molecule has 0 spiro atoms. The van der Waals surface area contributed by atoms with Gasteiger partial charge in [-0.1, -0.05) is 0 Å². The number of methoxy groups -OCH3 is 1. The maximum Gasteiger partial charge on any atom is 0.409 e. The second-order valence-corrected chi connectivity index (χ2v) is 5.82. The van der Waals surface area contributed by atoms with Crippen molar-refractivity contribution in [2.24, 2.45) is 4.99 Å². The Morgan fingerprint density at radius 2 is 1.96 bits per heavy atom. The minimum Gasteiger partial charge on any atom is -0.450 e. The Morgan fingerprint density at radius 3 is 2.60 bits per heavy atom. The zero-order chi connectivity index (χ0) is 18.3. The van der Waals surface area contributed by atoms with Gasteiger partial charge in [-0.2, -0.15) is 0 Å². The monoisotopic (exact) mass is 358 g/mol. The standard InChI is InChI=1S/C17H34N4O4/c1-4-18-16(19-9-6-12-24-14-13-23-3)20-15-7-10-21(11-8-15)17(22)25-5-2/h15H,4-14H2,1-3H3,(H2,18,19,20). The molecule has 0 aliphatic carbocycles. The second-order valence-electron chi connectivity index (χ2n) is 5.82. The van der Waals surface area contributed by atoms with Crippen LogP contribution in [-0.4, -0.2) is 82.7 Å². The molecule has 1 aliphatic heterocycles. The number of piperidine rings is 1. The molecule has 0 bridgehead atoms. The molecule has 2 N–H and O–H groups in total. The first-order valence-corrected chi connectivity index (χ1v) is 9.24. The molecule has 1 rings (SSSR count). The van der Waals surface area contributed by atoms with Gasteiger partial charge in [0.05, 0.1) is 19.8 Å². The summed E-state index contributed by atoms with van der Waals surface area (Å²) in [5.74, 6) is 0.828. The summed E-state index contributed by atoms with van der Waals surface area (Å²) in [5.41, 5.74) is 0. The molecule has 25 heavy (non-hydrogen) atoms. The van der Waals surface area contributed by atoms with Gasteiger partial charge in [0, 0.05) is 45.9 Å². The van der Waals surface area contributed by atoms with Gasteiger partial charge in [-0.15, -0.1) is 0 Å². The Morgan fingerprint density at radius 1 is 1.20 bits per heavy atom. The number of amides is 1. The van der Waals surface area contributed by atoms with E-state index in [0.717, 1.165) is 31.8 Å². The molecule has 0 atom stereocenters. The Bertz CT molecular complexity index is 385. The van der Waals surface area contributed by atoms with E-state index in [9.17, 15) is 4.79 Å². The van der Waals surface area contributed by atoms with Gasteiger partial charge >= 0.3 is 6.09 Å². The highest BCUT2D eigenvalue weighted by atomic mass is 16.6. The molecule has 0 radical (unpaired) electrons. The van der Waals surface area contributed by atoms with E-state index in [2.05, 4.69) is 22.5 Å². The largest absolute Gasteiger partial charge is 0.450 e. The van der Waals surface area contributed by atoms with Gasteiger partial charge in [-0.3, -0.25) is 4.99 Å². The molecule has 1 aliphatic rings. The summed E-state index contributed by atoms with van der Waals surface area (Å²) in [4.78, 5) is 18.1. The summed E-state index contributed by atoms with van der Waals surface area (Å²) < 4.78 is 15.4. The lowest BCUT2D eigenvalue weighted by molar-refractivity contribution is 0.0702. The average Bonchev–Trinajstić information content (AvgIpc) is 2.62. The molecule has 0 aromatic rings. The maximum absolute atomic E-state index is 11.7. The summed E-state index contributed by atoms with van der Waals surface area (Å²) in [6, 6.07) is 0.321. The zero-order valence-electron chi connectivity index (χ0n) is 15.9. The number of carbonyl (C=O) groups excluding carboxylic acids is 1. The molecule has 0 aromatic carbocycles. The average molecular weight is 358 g/mol. The van der Waals surface area contributed by atoms with Crippen LogP contribution in [0.4, 0.5) is 4.79 Å². The van der Waals surface area contributed by atoms with Gasteiger partial charge in [-0.05, 0) is 33.1 Å². The van der Waals surface area contributed by atoms with Crippen molar-refractivity contribution in [2.45, 2.75) is 39.2 Å². The second kappa shape index (κ2) is 13.7. The molecular weight excluding hydrogens is 324 g/mol. The van der Waals surface area contributed by atoms with Crippen LogP contribution in [-0.2, 0) is 14.2 Å². The summed E-state index contributed by atoms with van der Waals surface area (Å²) in [6.45, 7) is 9.18. The Labute approximate surface area is 151 Å². The van der Waals surface area contributed by atoms with Crippen molar-refractivity contribution in [3.8, 4) is 0 Å². The van der Waals surface area contributed by atoms with Crippen LogP contribution in [0, 0.1) is 0 Å². The van der Waals surface area contributed by atoms with Crippen molar-refractivity contribution in [1.82, 2.24) is 15.5 Å². The fraction of sp³-hybridized carbons (Fsp3) is 0.882. The number of likely N-dealkylation sites (tertiary alicyclic amines) is 1.